The van der Waals surface area contributed by atoms with E-state index in [1.54, 1.807) is 0 Å². The van der Waals surface area contributed by atoms with Gasteiger partial charge >= 0.3 is 11.9 Å². The molecule has 7 heteroatoms. The fraction of sp³-hybridized carbons (Fsp3) is 0.957. The van der Waals surface area contributed by atoms with E-state index in [0.29, 0.717) is 31.5 Å². The molecule has 1 aliphatic rings. The first-order chi connectivity index (χ1) is 26.0. The minimum atomic E-state index is -0.00784. The molecule has 0 radical (unpaired) electrons. The third kappa shape index (κ3) is 32.7. The van der Waals surface area contributed by atoms with Gasteiger partial charge in [0.25, 0.3) is 0 Å². The fourth-order valence-electron chi connectivity index (χ4n) is 7.67. The lowest BCUT2D eigenvalue weighted by Crippen LogP contribution is -2.55. The highest BCUT2D eigenvalue weighted by molar-refractivity contribution is 5.69. The molecular weight excluding hydrogens is 663 g/mol. The van der Waals surface area contributed by atoms with Crippen LogP contribution in [0, 0.1) is 5.41 Å². The Morgan fingerprint density at radius 3 is 1.06 bits per heavy atom. The zero-order valence-electron chi connectivity index (χ0n) is 35.7. The van der Waals surface area contributed by atoms with Gasteiger partial charge in [0.1, 0.15) is 0 Å². The average Bonchev–Trinajstić information content (AvgIpc) is 3.14. The van der Waals surface area contributed by atoms with E-state index >= 15 is 0 Å². The average molecular weight is 752 g/mol. The van der Waals surface area contributed by atoms with Crippen molar-refractivity contribution in [2.24, 2.45) is 5.41 Å². The van der Waals surface area contributed by atoms with Crippen LogP contribution in [0.1, 0.15) is 219 Å². The van der Waals surface area contributed by atoms with Gasteiger partial charge in [0.05, 0.1) is 13.2 Å². The number of carbonyl (C=O) groups is 2. The van der Waals surface area contributed by atoms with Crippen molar-refractivity contribution in [3.8, 4) is 0 Å². The summed E-state index contributed by atoms with van der Waals surface area (Å²) in [5.41, 5.74) is 0.370. The monoisotopic (exact) mass is 752 g/mol. The molecule has 0 bridgehead atoms. The minimum absolute atomic E-state index is 0.00784. The number of esters is 2. The van der Waals surface area contributed by atoms with E-state index < -0.39 is 0 Å². The summed E-state index contributed by atoms with van der Waals surface area (Å²) in [4.78, 5) is 26.3. The number of carbonyl (C=O) groups excluding carboxylic acids is 2. The third-order valence-electron chi connectivity index (χ3n) is 11.1. The Morgan fingerprint density at radius 1 is 0.415 bits per heavy atom. The topological polar surface area (TPSA) is 74.3 Å². The van der Waals surface area contributed by atoms with Crippen LogP contribution in [0.5, 0.6) is 0 Å². The molecule has 1 heterocycles. The molecule has 1 rings (SSSR count). The van der Waals surface area contributed by atoms with Crippen LogP contribution in [-0.2, 0) is 28.5 Å². The maximum Gasteiger partial charge on any atom is 0.305 e. The molecule has 1 saturated heterocycles. The van der Waals surface area contributed by atoms with Crippen molar-refractivity contribution >= 4 is 11.9 Å². The lowest BCUT2D eigenvalue weighted by molar-refractivity contribution is -0.144. The van der Waals surface area contributed by atoms with Gasteiger partial charge in [-0.05, 0) is 58.4 Å². The van der Waals surface area contributed by atoms with E-state index in [2.05, 4.69) is 25.8 Å². The molecule has 1 fully saturated rings. The van der Waals surface area contributed by atoms with Crippen molar-refractivity contribution in [2.45, 2.75) is 219 Å². The SMILES string of the molecule is CCCCCCCCCOC(=O)CCCCCCCCCOCCC1(CCOCCCCCCCCCC(=O)OCCCCCCCCC)CN(C)C1. The molecule has 0 aromatic rings. The zero-order chi connectivity index (χ0) is 38.3. The summed E-state index contributed by atoms with van der Waals surface area (Å²) in [7, 11) is 2.22. The number of rotatable bonds is 42. The van der Waals surface area contributed by atoms with Crippen molar-refractivity contribution in [3.63, 3.8) is 0 Å². The predicted molar refractivity (Wildman–Crippen MR) is 223 cm³/mol. The standard InChI is InChI=1S/C46H89NO6/c1-4-6-8-10-16-24-30-38-52-44(48)32-26-20-14-12-18-22-28-36-50-40-34-46(42-47(3)43-46)35-41-51-37-29-23-19-13-15-21-27-33-45(49)53-39-31-25-17-11-9-7-5-2/h4-43H2,1-3H3. The summed E-state index contributed by atoms with van der Waals surface area (Å²) in [6.45, 7) is 11.5. The Hall–Kier alpha value is -1.18. The van der Waals surface area contributed by atoms with Crippen LogP contribution in [0.2, 0.25) is 0 Å². The van der Waals surface area contributed by atoms with E-state index in [-0.39, 0.29) is 11.9 Å². The predicted octanol–water partition coefficient (Wildman–Crippen LogP) is 12.6. The van der Waals surface area contributed by atoms with Crippen molar-refractivity contribution in [1.82, 2.24) is 4.90 Å². The summed E-state index contributed by atoms with van der Waals surface area (Å²) in [5, 5.41) is 0. The van der Waals surface area contributed by atoms with Gasteiger partial charge in [-0.3, -0.25) is 9.59 Å². The molecule has 53 heavy (non-hydrogen) atoms. The molecule has 0 unspecified atom stereocenters. The molecule has 0 atom stereocenters. The quantitative estimate of drug-likeness (QED) is 0.0454. The Balaban J connectivity index is 1.85. The highest BCUT2D eigenvalue weighted by atomic mass is 16.5. The van der Waals surface area contributed by atoms with Crippen LogP contribution in [0.15, 0.2) is 0 Å². The van der Waals surface area contributed by atoms with Gasteiger partial charge in [-0.15, -0.1) is 0 Å². The van der Waals surface area contributed by atoms with Crippen molar-refractivity contribution in [2.75, 3.05) is 59.8 Å². The van der Waals surface area contributed by atoms with Gasteiger partial charge < -0.3 is 23.8 Å². The number of unbranched alkanes of at least 4 members (excludes halogenated alkanes) is 24. The largest absolute Gasteiger partial charge is 0.466 e. The lowest BCUT2D eigenvalue weighted by atomic mass is 9.75. The van der Waals surface area contributed by atoms with Gasteiger partial charge in [0.15, 0.2) is 0 Å². The van der Waals surface area contributed by atoms with Gasteiger partial charge in [0, 0.05) is 57.8 Å². The molecule has 7 nitrogen and oxygen atoms in total. The number of nitrogens with zero attached hydrogens (tertiary/aromatic N) is 1. The third-order valence-corrected chi connectivity index (χ3v) is 11.1. The second-order valence-electron chi connectivity index (χ2n) is 16.5. The minimum Gasteiger partial charge on any atom is -0.466 e. The Morgan fingerprint density at radius 2 is 0.717 bits per heavy atom. The highest BCUT2D eigenvalue weighted by Crippen LogP contribution is 2.36. The first-order valence-electron chi connectivity index (χ1n) is 23.2. The molecule has 0 N–H and O–H groups in total. The first kappa shape index (κ1) is 49.8. The van der Waals surface area contributed by atoms with Gasteiger partial charge in [-0.1, -0.05) is 155 Å². The molecule has 0 amide bonds. The second kappa shape index (κ2) is 37.7. The highest BCUT2D eigenvalue weighted by Gasteiger charge is 2.40. The van der Waals surface area contributed by atoms with Crippen molar-refractivity contribution in [3.05, 3.63) is 0 Å². The summed E-state index contributed by atoms with van der Waals surface area (Å²) >= 11 is 0. The van der Waals surface area contributed by atoms with Crippen molar-refractivity contribution in [1.29, 1.82) is 0 Å². The molecule has 1 aliphatic heterocycles. The van der Waals surface area contributed by atoms with E-state index in [1.165, 1.54) is 128 Å². The normalized spacial score (nSPS) is 14.0. The Bertz CT molecular complexity index is 743. The molecule has 0 spiro atoms. The van der Waals surface area contributed by atoms with E-state index in [0.717, 1.165) is 104 Å². The molecule has 0 aromatic carbocycles. The van der Waals surface area contributed by atoms with E-state index in [1.807, 2.05) is 0 Å². The van der Waals surface area contributed by atoms with Crippen LogP contribution >= 0.6 is 0 Å². The number of hydrogen-bond donors (Lipinski definition) is 0. The first-order valence-corrected chi connectivity index (χ1v) is 23.2. The smallest absolute Gasteiger partial charge is 0.305 e. The van der Waals surface area contributed by atoms with Gasteiger partial charge in [0.2, 0.25) is 0 Å². The lowest BCUT2D eigenvalue weighted by Gasteiger charge is -2.49. The Kier molecular flexibility index (Phi) is 35.5. The molecule has 0 saturated carbocycles. The van der Waals surface area contributed by atoms with E-state index in [9.17, 15) is 9.59 Å². The summed E-state index contributed by atoms with van der Waals surface area (Å²) in [6.07, 6.45) is 37.3. The summed E-state index contributed by atoms with van der Waals surface area (Å²) < 4.78 is 22.9. The second-order valence-corrected chi connectivity index (χ2v) is 16.5. The molecule has 0 aromatic heterocycles. The van der Waals surface area contributed by atoms with Crippen molar-refractivity contribution < 1.29 is 28.5 Å². The maximum absolute atomic E-state index is 11.9. The summed E-state index contributed by atoms with van der Waals surface area (Å²) in [6, 6.07) is 0. The fourth-order valence-corrected chi connectivity index (χ4v) is 7.67. The van der Waals surface area contributed by atoms with Crippen LogP contribution in [0.4, 0.5) is 0 Å². The number of ether oxygens (including phenoxy) is 4. The zero-order valence-corrected chi connectivity index (χ0v) is 35.7. The number of hydrogen-bond acceptors (Lipinski definition) is 7. The van der Waals surface area contributed by atoms with Gasteiger partial charge in [-0.25, -0.2) is 0 Å². The van der Waals surface area contributed by atoms with Crippen LogP contribution in [0.3, 0.4) is 0 Å². The van der Waals surface area contributed by atoms with Crippen LogP contribution < -0.4 is 0 Å². The Labute approximate surface area is 329 Å². The maximum atomic E-state index is 11.9. The molecule has 314 valence electrons. The van der Waals surface area contributed by atoms with Crippen LogP contribution in [-0.4, -0.2) is 76.6 Å². The van der Waals surface area contributed by atoms with Gasteiger partial charge in [-0.2, -0.15) is 0 Å². The summed E-state index contributed by atoms with van der Waals surface area (Å²) in [5.74, 6) is -0.0157. The number of likely N-dealkylation sites (tertiary alicyclic amines) is 1. The van der Waals surface area contributed by atoms with Crippen LogP contribution in [0.25, 0.3) is 0 Å². The van der Waals surface area contributed by atoms with E-state index in [4.69, 9.17) is 18.9 Å². The molecule has 0 aliphatic carbocycles. The molecular formula is C46H89NO6.